The molecule has 1 aliphatic rings. The van der Waals surface area contributed by atoms with E-state index in [0.717, 1.165) is 5.56 Å². The maximum atomic E-state index is 12.2. The van der Waals surface area contributed by atoms with Crippen LogP contribution in [0, 0.1) is 5.92 Å². The van der Waals surface area contributed by atoms with Gasteiger partial charge in [-0.15, -0.1) is 0 Å². The van der Waals surface area contributed by atoms with Gasteiger partial charge in [0, 0.05) is 37.4 Å². The van der Waals surface area contributed by atoms with E-state index < -0.39 is 0 Å². The lowest BCUT2D eigenvalue weighted by molar-refractivity contribution is -0.134. The number of nitrogens with two attached hydrogens (primary N) is 1. The molecule has 2 aromatic rings. The van der Waals surface area contributed by atoms with Crippen LogP contribution in [0.5, 0.6) is 0 Å². The Morgan fingerprint density at radius 3 is 2.58 bits per heavy atom. The molecule has 3 rings (SSSR count). The maximum absolute atomic E-state index is 12.2. The molecule has 0 unspecified atom stereocenters. The van der Waals surface area contributed by atoms with E-state index in [2.05, 4.69) is 10.1 Å². The monoisotopic (exact) mass is 328 g/mol. The highest BCUT2D eigenvalue weighted by Crippen LogP contribution is 2.18. The molecule has 0 saturated carbocycles. The molecule has 0 aliphatic carbocycles. The molecule has 7 heteroatoms. The molecule has 1 fully saturated rings. The van der Waals surface area contributed by atoms with Gasteiger partial charge in [-0.2, -0.15) is 4.98 Å². The molecule has 7 nitrogen and oxygen atoms in total. The van der Waals surface area contributed by atoms with Gasteiger partial charge >= 0.3 is 0 Å². The molecule has 1 aliphatic heterocycles. The van der Waals surface area contributed by atoms with Crippen LogP contribution in [0.25, 0.3) is 11.4 Å². The number of carbonyl (C=O) groups is 2. The Labute approximate surface area is 139 Å². The van der Waals surface area contributed by atoms with Crippen LogP contribution < -0.4 is 5.73 Å². The normalized spacial score (nSPS) is 15.4. The summed E-state index contributed by atoms with van der Waals surface area (Å²) in [6.07, 6.45) is 2.01. The standard InChI is InChI=1S/C17H20N4O3/c18-16(23)12-8-10-21(11-9-12)15(22)7-6-14-19-17(20-24-14)13-4-2-1-3-5-13/h1-5,12H,6-11H2,(H2,18,23). The molecular formula is C17H20N4O3. The van der Waals surface area contributed by atoms with Crippen molar-refractivity contribution in [1.29, 1.82) is 0 Å². The number of nitrogens with zero attached hydrogens (tertiary/aromatic N) is 3. The summed E-state index contributed by atoms with van der Waals surface area (Å²) in [5.41, 5.74) is 6.19. The molecule has 0 atom stereocenters. The molecule has 1 aromatic heterocycles. The predicted octanol–water partition coefficient (Wildman–Crippen LogP) is 1.39. The van der Waals surface area contributed by atoms with Crippen molar-refractivity contribution in [2.24, 2.45) is 11.7 Å². The fourth-order valence-corrected chi connectivity index (χ4v) is 2.85. The van der Waals surface area contributed by atoms with Crippen molar-refractivity contribution in [2.75, 3.05) is 13.1 Å². The molecule has 126 valence electrons. The number of likely N-dealkylation sites (tertiary alicyclic amines) is 1. The highest BCUT2D eigenvalue weighted by Gasteiger charge is 2.25. The van der Waals surface area contributed by atoms with E-state index in [-0.39, 0.29) is 17.7 Å². The van der Waals surface area contributed by atoms with Gasteiger partial charge in [0.2, 0.25) is 23.5 Å². The number of benzene rings is 1. The van der Waals surface area contributed by atoms with E-state index >= 15 is 0 Å². The number of piperidine rings is 1. The van der Waals surface area contributed by atoms with Crippen molar-refractivity contribution in [2.45, 2.75) is 25.7 Å². The number of aryl methyl sites for hydroxylation is 1. The zero-order chi connectivity index (χ0) is 16.9. The largest absolute Gasteiger partial charge is 0.369 e. The zero-order valence-corrected chi connectivity index (χ0v) is 13.4. The van der Waals surface area contributed by atoms with Crippen molar-refractivity contribution in [3.8, 4) is 11.4 Å². The number of amides is 2. The Morgan fingerprint density at radius 2 is 1.92 bits per heavy atom. The molecule has 0 spiro atoms. The van der Waals surface area contributed by atoms with Crippen LogP contribution in [-0.4, -0.2) is 39.9 Å². The minimum atomic E-state index is -0.276. The van der Waals surface area contributed by atoms with E-state index in [9.17, 15) is 9.59 Å². The first-order chi connectivity index (χ1) is 11.6. The second kappa shape index (κ2) is 7.25. The number of hydrogen-bond donors (Lipinski definition) is 1. The Bertz CT molecular complexity index is 706. The van der Waals surface area contributed by atoms with Gasteiger partial charge in [-0.3, -0.25) is 9.59 Å². The number of primary amides is 1. The SMILES string of the molecule is NC(=O)C1CCN(C(=O)CCc2nc(-c3ccccc3)no2)CC1. The lowest BCUT2D eigenvalue weighted by atomic mass is 9.96. The quantitative estimate of drug-likeness (QED) is 0.893. The minimum absolute atomic E-state index is 0.0392. The van der Waals surface area contributed by atoms with Crippen LogP contribution in [0.1, 0.15) is 25.2 Å². The summed E-state index contributed by atoms with van der Waals surface area (Å²) < 4.78 is 5.21. The van der Waals surface area contributed by atoms with Gasteiger partial charge in [-0.05, 0) is 12.8 Å². The molecule has 1 aromatic carbocycles. The topological polar surface area (TPSA) is 102 Å². The van der Waals surface area contributed by atoms with E-state index in [4.69, 9.17) is 10.3 Å². The Balaban J connectivity index is 1.50. The summed E-state index contributed by atoms with van der Waals surface area (Å²) in [5, 5.41) is 3.94. The fourth-order valence-electron chi connectivity index (χ4n) is 2.85. The first-order valence-corrected chi connectivity index (χ1v) is 8.08. The zero-order valence-electron chi connectivity index (χ0n) is 13.4. The molecule has 1 saturated heterocycles. The molecule has 2 amide bonds. The molecule has 24 heavy (non-hydrogen) atoms. The number of rotatable bonds is 5. The second-order valence-electron chi connectivity index (χ2n) is 5.94. The molecule has 0 radical (unpaired) electrons. The minimum Gasteiger partial charge on any atom is -0.369 e. The Morgan fingerprint density at radius 1 is 1.21 bits per heavy atom. The van der Waals surface area contributed by atoms with E-state index in [0.29, 0.717) is 50.5 Å². The maximum Gasteiger partial charge on any atom is 0.227 e. The van der Waals surface area contributed by atoms with Crippen LogP contribution >= 0.6 is 0 Å². The first kappa shape index (κ1) is 16.2. The summed E-state index contributed by atoms with van der Waals surface area (Å²) in [7, 11) is 0. The average molecular weight is 328 g/mol. The molecule has 2 N–H and O–H groups in total. The smallest absolute Gasteiger partial charge is 0.227 e. The molecular weight excluding hydrogens is 308 g/mol. The Kier molecular flexibility index (Phi) is 4.88. The predicted molar refractivity (Wildman–Crippen MR) is 86.6 cm³/mol. The van der Waals surface area contributed by atoms with Crippen LogP contribution in [-0.2, 0) is 16.0 Å². The lowest BCUT2D eigenvalue weighted by Crippen LogP contribution is -2.41. The van der Waals surface area contributed by atoms with E-state index in [1.807, 2.05) is 30.3 Å². The number of carbonyl (C=O) groups excluding carboxylic acids is 2. The van der Waals surface area contributed by atoms with Crippen molar-refractivity contribution in [3.05, 3.63) is 36.2 Å². The van der Waals surface area contributed by atoms with Crippen molar-refractivity contribution in [1.82, 2.24) is 15.0 Å². The summed E-state index contributed by atoms with van der Waals surface area (Å²) in [4.78, 5) is 29.5. The average Bonchev–Trinajstić information content (AvgIpc) is 3.09. The third kappa shape index (κ3) is 3.79. The Hall–Kier alpha value is -2.70. The van der Waals surface area contributed by atoms with Gasteiger partial charge in [-0.1, -0.05) is 35.5 Å². The van der Waals surface area contributed by atoms with E-state index in [1.54, 1.807) is 4.90 Å². The van der Waals surface area contributed by atoms with Gasteiger partial charge in [0.05, 0.1) is 0 Å². The highest BCUT2D eigenvalue weighted by molar-refractivity contribution is 5.78. The third-order valence-corrected chi connectivity index (χ3v) is 4.30. The van der Waals surface area contributed by atoms with Crippen LogP contribution in [0.3, 0.4) is 0 Å². The van der Waals surface area contributed by atoms with Crippen LogP contribution in [0.2, 0.25) is 0 Å². The van der Waals surface area contributed by atoms with E-state index in [1.165, 1.54) is 0 Å². The van der Waals surface area contributed by atoms with Gasteiger partial charge < -0.3 is 15.2 Å². The number of hydrogen-bond acceptors (Lipinski definition) is 5. The van der Waals surface area contributed by atoms with Crippen molar-refractivity contribution < 1.29 is 14.1 Å². The second-order valence-corrected chi connectivity index (χ2v) is 5.94. The molecule has 0 bridgehead atoms. The van der Waals surface area contributed by atoms with Crippen molar-refractivity contribution in [3.63, 3.8) is 0 Å². The fraction of sp³-hybridized carbons (Fsp3) is 0.412. The number of aromatic nitrogens is 2. The van der Waals surface area contributed by atoms with Gasteiger partial charge in [0.25, 0.3) is 0 Å². The molecule has 2 heterocycles. The third-order valence-electron chi connectivity index (χ3n) is 4.30. The summed E-state index contributed by atoms with van der Waals surface area (Å²) in [6, 6.07) is 9.55. The summed E-state index contributed by atoms with van der Waals surface area (Å²) in [5.74, 6) is 0.631. The highest BCUT2D eigenvalue weighted by atomic mass is 16.5. The van der Waals surface area contributed by atoms with Crippen LogP contribution in [0.4, 0.5) is 0 Å². The van der Waals surface area contributed by atoms with Crippen LogP contribution in [0.15, 0.2) is 34.9 Å². The summed E-state index contributed by atoms with van der Waals surface area (Å²) in [6.45, 7) is 1.15. The first-order valence-electron chi connectivity index (χ1n) is 8.08. The van der Waals surface area contributed by atoms with Gasteiger partial charge in [-0.25, -0.2) is 0 Å². The summed E-state index contributed by atoms with van der Waals surface area (Å²) >= 11 is 0. The van der Waals surface area contributed by atoms with Gasteiger partial charge in [0.1, 0.15) is 0 Å². The lowest BCUT2D eigenvalue weighted by Gasteiger charge is -2.30. The van der Waals surface area contributed by atoms with Gasteiger partial charge in [0.15, 0.2) is 0 Å². The van der Waals surface area contributed by atoms with Crippen molar-refractivity contribution >= 4 is 11.8 Å².